The predicted molar refractivity (Wildman–Crippen MR) is 76.0 cm³/mol. The van der Waals surface area contributed by atoms with Gasteiger partial charge >= 0.3 is 0 Å². The lowest BCUT2D eigenvalue weighted by atomic mass is 10.1. The molecule has 0 aliphatic carbocycles. The predicted octanol–water partition coefficient (Wildman–Crippen LogP) is 2.30. The van der Waals surface area contributed by atoms with Gasteiger partial charge in [-0.1, -0.05) is 12.1 Å². The zero-order chi connectivity index (χ0) is 13.7. The molecule has 104 valence electrons. The van der Waals surface area contributed by atoms with Crippen LogP contribution in [-0.2, 0) is 16.1 Å². The standard InChI is InChI=1S/C15H22N2O2/c1-11(15-7-4-8-19-15)16-10-13-5-3-6-14(9-13)17-12(2)18/h3,5-6,9,11,15-16H,4,7-8,10H2,1-2H3,(H,17,18)/t11-,15+/m1/s1. The maximum atomic E-state index is 11.0. The van der Waals surface area contributed by atoms with E-state index in [4.69, 9.17) is 4.74 Å². The quantitative estimate of drug-likeness (QED) is 0.856. The van der Waals surface area contributed by atoms with Gasteiger partial charge in [0.25, 0.3) is 0 Å². The molecule has 1 saturated heterocycles. The third-order valence-electron chi connectivity index (χ3n) is 3.40. The van der Waals surface area contributed by atoms with Crippen molar-refractivity contribution in [2.75, 3.05) is 11.9 Å². The van der Waals surface area contributed by atoms with Gasteiger partial charge in [0.1, 0.15) is 0 Å². The molecule has 19 heavy (non-hydrogen) atoms. The highest BCUT2D eigenvalue weighted by Crippen LogP contribution is 2.16. The molecule has 0 unspecified atom stereocenters. The van der Waals surface area contributed by atoms with Crippen molar-refractivity contribution in [3.05, 3.63) is 29.8 Å². The van der Waals surface area contributed by atoms with Crippen LogP contribution in [0.25, 0.3) is 0 Å². The van der Waals surface area contributed by atoms with Crippen molar-refractivity contribution in [3.8, 4) is 0 Å². The lowest BCUT2D eigenvalue weighted by Crippen LogP contribution is -2.36. The second-order valence-electron chi connectivity index (χ2n) is 5.10. The third-order valence-corrected chi connectivity index (χ3v) is 3.40. The van der Waals surface area contributed by atoms with Crippen molar-refractivity contribution in [3.63, 3.8) is 0 Å². The first-order valence-corrected chi connectivity index (χ1v) is 6.86. The third kappa shape index (κ3) is 4.33. The summed E-state index contributed by atoms with van der Waals surface area (Å²) in [6.45, 7) is 5.35. The lowest BCUT2D eigenvalue weighted by molar-refractivity contribution is -0.114. The number of rotatable bonds is 5. The molecule has 2 N–H and O–H groups in total. The van der Waals surface area contributed by atoms with Crippen LogP contribution in [0.2, 0.25) is 0 Å². The number of benzene rings is 1. The molecule has 1 aromatic carbocycles. The minimum atomic E-state index is -0.0437. The molecule has 1 aromatic rings. The first kappa shape index (κ1) is 14.0. The largest absolute Gasteiger partial charge is 0.377 e. The van der Waals surface area contributed by atoms with Crippen LogP contribution < -0.4 is 10.6 Å². The van der Waals surface area contributed by atoms with Gasteiger partial charge < -0.3 is 15.4 Å². The summed E-state index contributed by atoms with van der Waals surface area (Å²) in [7, 11) is 0. The van der Waals surface area contributed by atoms with E-state index in [2.05, 4.69) is 23.6 Å². The minimum Gasteiger partial charge on any atom is -0.377 e. The van der Waals surface area contributed by atoms with Crippen LogP contribution in [0.3, 0.4) is 0 Å². The van der Waals surface area contributed by atoms with Gasteiger partial charge in [-0.3, -0.25) is 4.79 Å². The van der Waals surface area contributed by atoms with Crippen LogP contribution in [0.4, 0.5) is 5.69 Å². The van der Waals surface area contributed by atoms with Gasteiger partial charge in [0, 0.05) is 31.8 Å². The van der Waals surface area contributed by atoms with Crippen LogP contribution in [0.1, 0.15) is 32.3 Å². The molecule has 2 atom stereocenters. The Hall–Kier alpha value is -1.39. The Bertz CT molecular complexity index is 428. The fourth-order valence-corrected chi connectivity index (χ4v) is 2.37. The summed E-state index contributed by atoms with van der Waals surface area (Å²) in [5.74, 6) is -0.0437. The Morgan fingerprint density at radius 1 is 1.53 bits per heavy atom. The van der Waals surface area contributed by atoms with Gasteiger partial charge in [0.2, 0.25) is 5.91 Å². The monoisotopic (exact) mass is 262 g/mol. The Kier molecular flexibility index (Phi) is 4.93. The smallest absolute Gasteiger partial charge is 0.221 e. The van der Waals surface area contributed by atoms with Crippen molar-refractivity contribution in [1.29, 1.82) is 0 Å². The van der Waals surface area contributed by atoms with E-state index in [9.17, 15) is 4.79 Å². The molecule has 4 nitrogen and oxygen atoms in total. The van der Waals surface area contributed by atoms with Crippen LogP contribution in [0.5, 0.6) is 0 Å². The van der Waals surface area contributed by atoms with E-state index < -0.39 is 0 Å². The topological polar surface area (TPSA) is 50.4 Å². The van der Waals surface area contributed by atoms with Gasteiger partial charge in [0.15, 0.2) is 0 Å². The Balaban J connectivity index is 1.86. The molecule has 0 radical (unpaired) electrons. The van der Waals surface area contributed by atoms with E-state index in [1.807, 2.05) is 18.2 Å². The number of ether oxygens (including phenoxy) is 1. The summed E-state index contributed by atoms with van der Waals surface area (Å²) in [5.41, 5.74) is 2.01. The zero-order valence-electron chi connectivity index (χ0n) is 11.6. The average Bonchev–Trinajstić information content (AvgIpc) is 2.89. The van der Waals surface area contributed by atoms with Crippen molar-refractivity contribution in [2.24, 2.45) is 0 Å². The number of carbonyl (C=O) groups excluding carboxylic acids is 1. The van der Waals surface area contributed by atoms with E-state index in [0.29, 0.717) is 12.1 Å². The van der Waals surface area contributed by atoms with Crippen molar-refractivity contribution < 1.29 is 9.53 Å². The maximum Gasteiger partial charge on any atom is 0.221 e. The highest BCUT2D eigenvalue weighted by molar-refractivity contribution is 5.88. The fourth-order valence-electron chi connectivity index (χ4n) is 2.37. The number of hydrogen-bond donors (Lipinski definition) is 2. The Morgan fingerprint density at radius 2 is 2.37 bits per heavy atom. The van der Waals surface area contributed by atoms with Crippen molar-refractivity contribution in [2.45, 2.75) is 45.4 Å². The van der Waals surface area contributed by atoms with Crippen LogP contribution in [0, 0.1) is 0 Å². The summed E-state index contributed by atoms with van der Waals surface area (Å²) < 4.78 is 5.66. The second kappa shape index (κ2) is 6.68. The summed E-state index contributed by atoms with van der Waals surface area (Å²) >= 11 is 0. The van der Waals surface area contributed by atoms with Gasteiger partial charge in [-0.05, 0) is 37.5 Å². The molecule has 0 spiro atoms. The second-order valence-corrected chi connectivity index (χ2v) is 5.10. The summed E-state index contributed by atoms with van der Waals surface area (Å²) in [4.78, 5) is 11.0. The van der Waals surface area contributed by atoms with Crippen LogP contribution >= 0.6 is 0 Å². The zero-order valence-corrected chi connectivity index (χ0v) is 11.6. The summed E-state index contributed by atoms with van der Waals surface area (Å²) in [5, 5.41) is 6.28. The number of carbonyl (C=O) groups is 1. The number of amides is 1. The van der Waals surface area contributed by atoms with E-state index in [1.54, 1.807) is 0 Å². The molecule has 0 aromatic heterocycles. The van der Waals surface area contributed by atoms with Gasteiger partial charge in [-0.25, -0.2) is 0 Å². The van der Waals surface area contributed by atoms with Crippen LogP contribution in [0.15, 0.2) is 24.3 Å². The minimum absolute atomic E-state index is 0.0437. The molecule has 1 amide bonds. The van der Waals surface area contributed by atoms with E-state index in [0.717, 1.165) is 37.2 Å². The Morgan fingerprint density at radius 3 is 3.05 bits per heavy atom. The SMILES string of the molecule is CC(=O)Nc1cccc(CN[C@H](C)[C@@H]2CCCO2)c1. The van der Waals surface area contributed by atoms with Crippen molar-refractivity contribution >= 4 is 11.6 Å². The molecular formula is C15H22N2O2. The lowest BCUT2D eigenvalue weighted by Gasteiger charge is -2.20. The first-order chi connectivity index (χ1) is 9.15. The molecule has 2 rings (SSSR count). The van der Waals surface area contributed by atoms with Gasteiger partial charge in [0.05, 0.1) is 6.10 Å². The average molecular weight is 262 g/mol. The van der Waals surface area contributed by atoms with E-state index >= 15 is 0 Å². The molecule has 1 heterocycles. The van der Waals surface area contributed by atoms with E-state index in [-0.39, 0.29) is 5.91 Å². The van der Waals surface area contributed by atoms with Gasteiger partial charge in [-0.15, -0.1) is 0 Å². The highest BCUT2D eigenvalue weighted by atomic mass is 16.5. The number of anilines is 1. The normalized spacial score (nSPS) is 20.2. The first-order valence-electron chi connectivity index (χ1n) is 6.86. The van der Waals surface area contributed by atoms with Crippen LogP contribution in [-0.4, -0.2) is 24.7 Å². The fraction of sp³-hybridized carbons (Fsp3) is 0.533. The molecule has 4 heteroatoms. The summed E-state index contributed by atoms with van der Waals surface area (Å²) in [6.07, 6.45) is 2.63. The molecule has 0 bridgehead atoms. The molecule has 1 aliphatic heterocycles. The number of hydrogen-bond acceptors (Lipinski definition) is 3. The van der Waals surface area contributed by atoms with Gasteiger partial charge in [-0.2, -0.15) is 0 Å². The molecular weight excluding hydrogens is 240 g/mol. The maximum absolute atomic E-state index is 11.0. The number of nitrogens with one attached hydrogen (secondary N) is 2. The molecule has 0 saturated carbocycles. The Labute approximate surface area is 114 Å². The molecule has 1 aliphatic rings. The molecule has 1 fully saturated rings. The van der Waals surface area contributed by atoms with Crippen molar-refractivity contribution in [1.82, 2.24) is 5.32 Å². The highest BCUT2D eigenvalue weighted by Gasteiger charge is 2.21. The summed E-state index contributed by atoms with van der Waals surface area (Å²) in [6, 6.07) is 8.26. The van der Waals surface area contributed by atoms with E-state index in [1.165, 1.54) is 6.92 Å².